The lowest BCUT2D eigenvalue weighted by atomic mass is 9.92. The highest BCUT2D eigenvalue weighted by molar-refractivity contribution is 5.85. The highest BCUT2D eigenvalue weighted by Gasteiger charge is 2.31. The molecule has 2 atom stereocenters. The summed E-state index contributed by atoms with van der Waals surface area (Å²) in [6.07, 6.45) is 3.16. The minimum Gasteiger partial charge on any atom is -0.483 e. The third-order valence-corrected chi connectivity index (χ3v) is 5.08. The molecule has 0 spiro atoms. The zero-order chi connectivity index (χ0) is 15.4. The van der Waals surface area contributed by atoms with E-state index in [1.165, 1.54) is 0 Å². The first-order chi connectivity index (χ1) is 10.8. The average molecular weight is 339 g/mol. The van der Waals surface area contributed by atoms with Gasteiger partial charge in [0, 0.05) is 13.1 Å². The third kappa shape index (κ3) is 4.39. The van der Waals surface area contributed by atoms with Crippen molar-refractivity contribution >= 4 is 18.3 Å². The Hall–Kier alpha value is -1.26. The first-order valence-corrected chi connectivity index (χ1v) is 8.47. The van der Waals surface area contributed by atoms with Crippen LogP contribution < -0.4 is 10.1 Å². The van der Waals surface area contributed by atoms with Gasteiger partial charge in [0.2, 0.25) is 0 Å². The lowest BCUT2D eigenvalue weighted by molar-refractivity contribution is -0.133. The number of benzene rings is 1. The molecule has 0 aromatic heterocycles. The molecule has 0 unspecified atom stereocenters. The Morgan fingerprint density at radius 1 is 1.22 bits per heavy atom. The molecule has 0 aliphatic carbocycles. The van der Waals surface area contributed by atoms with Gasteiger partial charge in [0.1, 0.15) is 5.75 Å². The zero-order valence-corrected chi connectivity index (χ0v) is 14.6. The van der Waals surface area contributed by atoms with Crippen molar-refractivity contribution in [2.45, 2.75) is 26.2 Å². The Kier molecular flexibility index (Phi) is 6.72. The Bertz CT molecular complexity index is 509. The molecule has 2 aliphatic rings. The van der Waals surface area contributed by atoms with Crippen molar-refractivity contribution < 1.29 is 9.53 Å². The molecule has 0 radical (unpaired) electrons. The van der Waals surface area contributed by atoms with E-state index in [9.17, 15) is 4.79 Å². The van der Waals surface area contributed by atoms with E-state index in [0.717, 1.165) is 68.6 Å². The van der Waals surface area contributed by atoms with Crippen LogP contribution in [0.25, 0.3) is 0 Å². The number of aryl methyl sites for hydroxylation is 1. The Labute approximate surface area is 145 Å². The summed E-state index contributed by atoms with van der Waals surface area (Å²) < 4.78 is 5.77. The van der Waals surface area contributed by atoms with Gasteiger partial charge < -0.3 is 15.0 Å². The van der Waals surface area contributed by atoms with Crippen LogP contribution in [0.2, 0.25) is 0 Å². The van der Waals surface area contributed by atoms with Gasteiger partial charge in [-0.15, -0.1) is 12.4 Å². The summed E-state index contributed by atoms with van der Waals surface area (Å²) in [5.41, 5.74) is 1.16. The minimum absolute atomic E-state index is 0. The van der Waals surface area contributed by atoms with Gasteiger partial charge >= 0.3 is 0 Å². The average Bonchev–Trinajstić information content (AvgIpc) is 2.91. The van der Waals surface area contributed by atoms with Crippen LogP contribution in [0, 0.1) is 11.8 Å². The number of nitrogens with zero attached hydrogens (tertiary/aromatic N) is 1. The second-order valence-corrected chi connectivity index (χ2v) is 6.39. The highest BCUT2D eigenvalue weighted by Crippen LogP contribution is 2.27. The van der Waals surface area contributed by atoms with Crippen LogP contribution in [0.4, 0.5) is 0 Å². The molecule has 1 amide bonds. The van der Waals surface area contributed by atoms with Gasteiger partial charge in [-0.25, -0.2) is 0 Å². The van der Waals surface area contributed by atoms with Crippen molar-refractivity contribution in [3.05, 3.63) is 29.8 Å². The number of carbonyl (C=O) groups excluding carboxylic acids is 1. The van der Waals surface area contributed by atoms with Crippen LogP contribution >= 0.6 is 12.4 Å². The van der Waals surface area contributed by atoms with Gasteiger partial charge in [-0.3, -0.25) is 4.79 Å². The molecule has 1 N–H and O–H groups in total. The smallest absolute Gasteiger partial charge is 0.260 e. The van der Waals surface area contributed by atoms with E-state index in [1.54, 1.807) is 0 Å². The number of hydrogen-bond acceptors (Lipinski definition) is 3. The molecule has 128 valence electrons. The monoisotopic (exact) mass is 338 g/mol. The normalized spacial score (nSPS) is 23.6. The van der Waals surface area contributed by atoms with E-state index in [1.807, 2.05) is 23.1 Å². The number of nitrogens with one attached hydrogen (secondary N) is 1. The fourth-order valence-corrected chi connectivity index (χ4v) is 3.64. The Morgan fingerprint density at radius 3 is 2.52 bits per heavy atom. The van der Waals surface area contributed by atoms with Gasteiger partial charge in [0.05, 0.1) is 0 Å². The maximum absolute atomic E-state index is 12.4. The van der Waals surface area contributed by atoms with Crippen molar-refractivity contribution in [3.63, 3.8) is 0 Å². The van der Waals surface area contributed by atoms with Crippen LogP contribution in [-0.2, 0) is 11.2 Å². The lowest BCUT2D eigenvalue weighted by Gasteiger charge is -2.21. The van der Waals surface area contributed by atoms with Crippen LogP contribution in [0.3, 0.4) is 0 Å². The predicted octanol–water partition coefficient (Wildman–Crippen LogP) is 2.51. The first kappa shape index (κ1) is 18.1. The number of rotatable bonds is 4. The molecule has 4 nitrogen and oxygen atoms in total. The van der Waals surface area contributed by atoms with Gasteiger partial charge in [0.15, 0.2) is 6.61 Å². The summed E-state index contributed by atoms with van der Waals surface area (Å²) in [5.74, 6) is 2.46. The van der Waals surface area contributed by atoms with Crippen LogP contribution in [0.15, 0.2) is 24.3 Å². The van der Waals surface area contributed by atoms with Gasteiger partial charge in [-0.2, -0.15) is 0 Å². The summed E-state index contributed by atoms with van der Waals surface area (Å²) in [6.45, 7) is 6.25. The second kappa shape index (κ2) is 8.55. The van der Waals surface area contributed by atoms with Crippen LogP contribution in [-0.4, -0.2) is 43.6 Å². The minimum atomic E-state index is 0. The van der Waals surface area contributed by atoms with E-state index in [-0.39, 0.29) is 24.9 Å². The summed E-state index contributed by atoms with van der Waals surface area (Å²) in [5, 5.41) is 3.47. The molecular formula is C18H27ClN2O2. The standard InChI is InChI=1S/C18H26N2O2.ClH/c1-2-14-5-3-4-6-17(14)22-13-18(21)20-9-7-15-11-19-12-16(15)8-10-20;/h3-6,15-16,19H,2,7-13H2,1H3;1H/t15-,16+;. The first-order valence-electron chi connectivity index (χ1n) is 8.47. The van der Waals surface area contributed by atoms with Crippen molar-refractivity contribution in [1.82, 2.24) is 10.2 Å². The molecule has 0 bridgehead atoms. The number of para-hydroxylation sites is 1. The van der Waals surface area contributed by atoms with Gasteiger partial charge in [-0.05, 0) is 55.8 Å². The molecule has 2 aliphatic heterocycles. The molecular weight excluding hydrogens is 312 g/mol. The third-order valence-electron chi connectivity index (χ3n) is 5.08. The molecule has 5 heteroatoms. The zero-order valence-electron chi connectivity index (χ0n) is 13.8. The highest BCUT2D eigenvalue weighted by atomic mass is 35.5. The number of halogens is 1. The summed E-state index contributed by atoms with van der Waals surface area (Å²) in [4.78, 5) is 14.4. The molecule has 1 aromatic carbocycles. The van der Waals surface area contributed by atoms with E-state index in [0.29, 0.717) is 0 Å². The maximum atomic E-state index is 12.4. The molecule has 2 fully saturated rings. The van der Waals surface area contributed by atoms with Gasteiger partial charge in [-0.1, -0.05) is 25.1 Å². The van der Waals surface area contributed by atoms with Crippen molar-refractivity contribution in [2.24, 2.45) is 11.8 Å². The second-order valence-electron chi connectivity index (χ2n) is 6.39. The maximum Gasteiger partial charge on any atom is 0.260 e. The van der Waals surface area contributed by atoms with Crippen LogP contribution in [0.1, 0.15) is 25.3 Å². The number of fused-ring (bicyclic) bond motifs is 1. The Morgan fingerprint density at radius 2 is 1.87 bits per heavy atom. The Balaban J connectivity index is 0.00000192. The van der Waals surface area contributed by atoms with Crippen molar-refractivity contribution in [3.8, 4) is 5.75 Å². The topological polar surface area (TPSA) is 41.6 Å². The molecule has 1 aromatic rings. The van der Waals surface area contributed by atoms with Crippen molar-refractivity contribution in [2.75, 3.05) is 32.8 Å². The quantitative estimate of drug-likeness (QED) is 0.917. The lowest BCUT2D eigenvalue weighted by Crippen LogP contribution is -2.36. The van der Waals surface area contributed by atoms with E-state index >= 15 is 0 Å². The molecule has 2 saturated heterocycles. The number of hydrogen-bond donors (Lipinski definition) is 1. The van der Waals surface area contributed by atoms with E-state index < -0.39 is 0 Å². The van der Waals surface area contributed by atoms with E-state index in [4.69, 9.17) is 4.74 Å². The molecule has 0 saturated carbocycles. The molecule has 3 rings (SSSR count). The fraction of sp³-hybridized carbons (Fsp3) is 0.611. The largest absolute Gasteiger partial charge is 0.483 e. The van der Waals surface area contributed by atoms with E-state index in [2.05, 4.69) is 18.3 Å². The molecule has 2 heterocycles. The van der Waals surface area contributed by atoms with Crippen LogP contribution in [0.5, 0.6) is 5.75 Å². The SMILES string of the molecule is CCc1ccccc1OCC(=O)N1CC[C@@H]2CNC[C@@H]2CC1.Cl. The number of amides is 1. The number of likely N-dealkylation sites (tertiary alicyclic amines) is 1. The fourth-order valence-electron chi connectivity index (χ4n) is 3.64. The predicted molar refractivity (Wildman–Crippen MR) is 94.2 cm³/mol. The summed E-state index contributed by atoms with van der Waals surface area (Å²) in [7, 11) is 0. The summed E-state index contributed by atoms with van der Waals surface area (Å²) >= 11 is 0. The number of carbonyl (C=O) groups is 1. The van der Waals surface area contributed by atoms with Gasteiger partial charge in [0.25, 0.3) is 5.91 Å². The summed E-state index contributed by atoms with van der Waals surface area (Å²) in [6, 6.07) is 7.97. The molecule has 23 heavy (non-hydrogen) atoms. The van der Waals surface area contributed by atoms with Crippen molar-refractivity contribution in [1.29, 1.82) is 0 Å². The number of ether oxygens (including phenoxy) is 1.